The van der Waals surface area contributed by atoms with E-state index >= 15 is 0 Å². The summed E-state index contributed by atoms with van der Waals surface area (Å²) in [4.78, 5) is 0. The third-order valence-corrected chi connectivity index (χ3v) is 0.354. The Morgan fingerprint density at radius 1 is 1.20 bits per heavy atom. The number of rotatable bonds is 0. The molecule has 0 aromatic heterocycles. The Bertz CT molecular complexity index is 68.8. The zero-order chi connectivity index (χ0) is 4.12. The van der Waals surface area contributed by atoms with Crippen molar-refractivity contribution in [2.75, 3.05) is 0 Å². The third-order valence-electron chi connectivity index (χ3n) is 0.118. The maximum atomic E-state index is 4.71. The van der Waals surface area contributed by atoms with Crippen LogP contribution in [0.4, 0.5) is 0 Å². The van der Waals surface area contributed by atoms with Crippen LogP contribution in [0.3, 0.4) is 0 Å². The summed E-state index contributed by atoms with van der Waals surface area (Å²) in [5.41, 5.74) is 0. The first kappa shape index (κ1) is 4.47. The standard InChI is InChI=1S/C4H2S/c1-3-5-4-2/h1-2H. The minimum atomic E-state index is 1.02. The molecular formula is C4H2S. The van der Waals surface area contributed by atoms with Crippen molar-refractivity contribution < 1.29 is 0 Å². The lowest BCUT2D eigenvalue weighted by Crippen LogP contribution is -1.29. The summed E-state index contributed by atoms with van der Waals surface area (Å²) in [7, 11) is 0. The summed E-state index contributed by atoms with van der Waals surface area (Å²) >= 11 is 1.02. The van der Waals surface area contributed by atoms with E-state index in [4.69, 9.17) is 12.8 Å². The van der Waals surface area contributed by atoms with Crippen molar-refractivity contribution in [3.8, 4) is 23.4 Å². The van der Waals surface area contributed by atoms with Gasteiger partial charge in [-0.25, -0.2) is 0 Å². The van der Waals surface area contributed by atoms with E-state index in [1.165, 1.54) is 0 Å². The van der Waals surface area contributed by atoms with E-state index in [9.17, 15) is 0 Å². The van der Waals surface area contributed by atoms with Crippen LogP contribution in [0.2, 0.25) is 0 Å². The number of hydrogen-bond acceptors (Lipinski definition) is 1. The summed E-state index contributed by atoms with van der Waals surface area (Å²) in [6, 6.07) is 0. The van der Waals surface area contributed by atoms with Gasteiger partial charge in [-0.2, -0.15) is 0 Å². The van der Waals surface area contributed by atoms with Gasteiger partial charge in [0.2, 0.25) is 0 Å². The molecule has 5 heavy (non-hydrogen) atoms. The van der Waals surface area contributed by atoms with Gasteiger partial charge in [-0.1, -0.05) is 0 Å². The zero-order valence-electron chi connectivity index (χ0n) is 2.56. The van der Waals surface area contributed by atoms with E-state index in [0.717, 1.165) is 11.8 Å². The van der Waals surface area contributed by atoms with Gasteiger partial charge >= 0.3 is 0 Å². The van der Waals surface area contributed by atoms with Crippen LogP contribution in [-0.4, -0.2) is 0 Å². The molecule has 0 aromatic carbocycles. The molecule has 0 rings (SSSR count). The van der Waals surface area contributed by atoms with Gasteiger partial charge in [0.25, 0.3) is 0 Å². The lowest BCUT2D eigenvalue weighted by atomic mass is 11.4. The first-order valence-electron chi connectivity index (χ1n) is 0.986. The summed E-state index contributed by atoms with van der Waals surface area (Å²) in [6.07, 6.45) is 9.42. The summed E-state index contributed by atoms with van der Waals surface area (Å²) in [5.74, 6) is 0. The van der Waals surface area contributed by atoms with Gasteiger partial charge in [-0.3, -0.25) is 0 Å². The van der Waals surface area contributed by atoms with Crippen LogP contribution >= 0.6 is 11.8 Å². The van der Waals surface area contributed by atoms with Crippen molar-refractivity contribution in [2.24, 2.45) is 0 Å². The molecule has 0 bridgehead atoms. The largest absolute Gasteiger partial charge is 0.107 e. The second-order valence-corrected chi connectivity index (χ2v) is 1.01. The van der Waals surface area contributed by atoms with Crippen LogP contribution in [0, 0.1) is 23.4 Å². The number of thioether (sulfide) groups is 1. The van der Waals surface area contributed by atoms with Gasteiger partial charge in [0, 0.05) is 11.8 Å². The van der Waals surface area contributed by atoms with Crippen LogP contribution < -0.4 is 0 Å². The molecule has 0 atom stereocenters. The SMILES string of the molecule is C#CSC#C. The Morgan fingerprint density at radius 3 is 1.60 bits per heavy atom. The Hall–Kier alpha value is -0.530. The minimum Gasteiger partial charge on any atom is -0.107 e. The summed E-state index contributed by atoms with van der Waals surface area (Å²) in [6.45, 7) is 0. The lowest BCUT2D eigenvalue weighted by Gasteiger charge is -1.54. The normalized spacial score (nSPS) is 4.40. The van der Waals surface area contributed by atoms with E-state index in [1.807, 2.05) is 0 Å². The van der Waals surface area contributed by atoms with Crippen molar-refractivity contribution in [1.82, 2.24) is 0 Å². The molecule has 0 aliphatic rings. The van der Waals surface area contributed by atoms with Crippen molar-refractivity contribution in [2.45, 2.75) is 0 Å². The van der Waals surface area contributed by atoms with Gasteiger partial charge in [0.1, 0.15) is 0 Å². The molecule has 0 nitrogen and oxygen atoms in total. The van der Waals surface area contributed by atoms with E-state index < -0.39 is 0 Å². The second-order valence-electron chi connectivity index (χ2n) is 0.338. The molecule has 1 heteroatoms. The Morgan fingerprint density at radius 2 is 1.60 bits per heavy atom. The highest BCUT2D eigenvalue weighted by Gasteiger charge is 1.52. The van der Waals surface area contributed by atoms with Crippen molar-refractivity contribution >= 4 is 11.8 Å². The predicted octanol–water partition coefficient (Wildman–Crippen LogP) is 0.901. The quantitative estimate of drug-likeness (QED) is 0.391. The topological polar surface area (TPSA) is 0 Å². The molecule has 0 amide bonds. The fourth-order valence-corrected chi connectivity index (χ4v) is 0.102. The van der Waals surface area contributed by atoms with Gasteiger partial charge in [0.05, 0.1) is 0 Å². The minimum absolute atomic E-state index is 1.02. The third kappa shape index (κ3) is 3.47. The first-order valence-corrected chi connectivity index (χ1v) is 1.80. The van der Waals surface area contributed by atoms with Gasteiger partial charge in [-0.05, 0) is 10.5 Å². The summed E-state index contributed by atoms with van der Waals surface area (Å²) in [5, 5.41) is 4.40. The Balaban J connectivity index is 2.86. The highest BCUT2D eigenvalue weighted by molar-refractivity contribution is 8.08. The predicted molar refractivity (Wildman–Crippen MR) is 25.3 cm³/mol. The molecule has 0 saturated heterocycles. The molecule has 0 spiro atoms. The van der Waals surface area contributed by atoms with Gasteiger partial charge in [-0.15, -0.1) is 12.8 Å². The Labute approximate surface area is 36.0 Å². The average molecular weight is 82.1 g/mol. The van der Waals surface area contributed by atoms with Crippen LogP contribution in [0.5, 0.6) is 0 Å². The maximum Gasteiger partial charge on any atom is 0.0129 e. The Kier molecular flexibility index (Phi) is 3.10. The van der Waals surface area contributed by atoms with Gasteiger partial charge in [0.15, 0.2) is 0 Å². The molecule has 24 valence electrons. The molecule has 0 N–H and O–H groups in total. The molecule has 0 fully saturated rings. The molecule has 0 saturated carbocycles. The van der Waals surface area contributed by atoms with Crippen molar-refractivity contribution in [1.29, 1.82) is 0 Å². The first-order chi connectivity index (χ1) is 2.41. The smallest absolute Gasteiger partial charge is 0.0129 e. The fraction of sp³-hybridized carbons (Fsp3) is 0. The zero-order valence-corrected chi connectivity index (χ0v) is 3.38. The molecule has 0 unspecified atom stereocenters. The van der Waals surface area contributed by atoms with E-state index in [-0.39, 0.29) is 0 Å². The molecule has 0 aliphatic carbocycles. The van der Waals surface area contributed by atoms with Crippen LogP contribution in [0.1, 0.15) is 0 Å². The molecule has 0 aromatic rings. The fourth-order valence-electron chi connectivity index (χ4n) is 0.0340. The molecule has 0 radical (unpaired) electrons. The number of terminal acetylenes is 2. The molecule has 0 aliphatic heterocycles. The summed E-state index contributed by atoms with van der Waals surface area (Å²) < 4.78 is 0. The van der Waals surface area contributed by atoms with E-state index in [0.29, 0.717) is 0 Å². The monoisotopic (exact) mass is 82.0 g/mol. The lowest BCUT2D eigenvalue weighted by molar-refractivity contribution is 3.05. The van der Waals surface area contributed by atoms with Gasteiger partial charge < -0.3 is 0 Å². The molecular weight excluding hydrogens is 80.1 g/mol. The van der Waals surface area contributed by atoms with Crippen LogP contribution in [0.25, 0.3) is 0 Å². The van der Waals surface area contributed by atoms with E-state index in [2.05, 4.69) is 10.5 Å². The van der Waals surface area contributed by atoms with Crippen LogP contribution in [-0.2, 0) is 0 Å². The highest BCUT2D eigenvalue weighted by Crippen LogP contribution is 1.85. The van der Waals surface area contributed by atoms with E-state index in [1.54, 1.807) is 0 Å². The average Bonchev–Trinajstić information content (AvgIpc) is 1.41. The molecule has 0 heterocycles. The number of hydrogen-bond donors (Lipinski definition) is 0. The van der Waals surface area contributed by atoms with Crippen molar-refractivity contribution in [3.05, 3.63) is 0 Å². The van der Waals surface area contributed by atoms with Crippen LogP contribution in [0.15, 0.2) is 0 Å². The van der Waals surface area contributed by atoms with Crippen molar-refractivity contribution in [3.63, 3.8) is 0 Å². The second kappa shape index (κ2) is 3.47. The maximum absolute atomic E-state index is 4.71. The highest BCUT2D eigenvalue weighted by atomic mass is 32.2.